The Morgan fingerprint density at radius 1 is 1.24 bits per heavy atom. The predicted molar refractivity (Wildman–Crippen MR) is 92.0 cm³/mol. The molecule has 0 spiro atoms. The number of halogens is 1. The third-order valence-corrected chi connectivity index (χ3v) is 7.15. The minimum atomic E-state index is -3.18. The Morgan fingerprint density at radius 3 is 2.56 bits per heavy atom. The summed E-state index contributed by atoms with van der Waals surface area (Å²) >= 11 is 1.19. The Morgan fingerprint density at radius 2 is 1.92 bits per heavy atom. The molecule has 1 N–H and O–H groups in total. The summed E-state index contributed by atoms with van der Waals surface area (Å²) in [5, 5.41) is 8.71. The van der Waals surface area contributed by atoms with Crippen LogP contribution in [0.3, 0.4) is 0 Å². The number of aliphatic imine (C=N–C) groups is 1. The van der Waals surface area contributed by atoms with Crippen LogP contribution in [0, 0.1) is 5.82 Å². The molecule has 0 aliphatic carbocycles. The van der Waals surface area contributed by atoms with E-state index in [1.807, 2.05) is 0 Å². The Balaban J connectivity index is 1.90. The summed E-state index contributed by atoms with van der Waals surface area (Å²) in [6.07, 6.45) is -0.553. The standard InChI is InChI=1S/C15H15FN2O5S2/c16-9-1-3-10(4-2-9)18-11-7-25(22,23)8-12(11)24-15(18)17-13(19)5-6-14(20)21/h1-4,11-12H,5-8H2,(H,20,21)/t11-,12+/m0/s1. The molecule has 2 aliphatic rings. The van der Waals surface area contributed by atoms with Gasteiger partial charge in [-0.05, 0) is 24.3 Å². The first-order valence-corrected chi connectivity index (χ1v) is 10.2. The van der Waals surface area contributed by atoms with Gasteiger partial charge in [-0.2, -0.15) is 4.99 Å². The predicted octanol–water partition coefficient (Wildman–Crippen LogP) is 1.29. The molecule has 0 unspecified atom stereocenters. The van der Waals surface area contributed by atoms with Gasteiger partial charge in [-0.25, -0.2) is 12.8 Å². The molecule has 0 bridgehead atoms. The summed E-state index contributed by atoms with van der Waals surface area (Å²) in [7, 11) is -3.18. The number of rotatable bonds is 4. The lowest BCUT2D eigenvalue weighted by Crippen LogP contribution is -2.37. The van der Waals surface area contributed by atoms with Crippen LogP contribution in [0.25, 0.3) is 0 Å². The van der Waals surface area contributed by atoms with E-state index in [1.165, 1.54) is 36.0 Å². The van der Waals surface area contributed by atoms with Gasteiger partial charge in [0.15, 0.2) is 15.0 Å². The molecule has 2 fully saturated rings. The number of hydrogen-bond donors (Lipinski definition) is 1. The maximum absolute atomic E-state index is 13.2. The van der Waals surface area contributed by atoms with Crippen molar-refractivity contribution in [1.29, 1.82) is 0 Å². The van der Waals surface area contributed by atoms with Gasteiger partial charge in [0.2, 0.25) is 5.91 Å². The summed E-state index contributed by atoms with van der Waals surface area (Å²) in [5.41, 5.74) is 0.545. The normalized spacial score (nSPS) is 26.0. The van der Waals surface area contributed by atoms with Gasteiger partial charge in [-0.3, -0.25) is 9.59 Å². The topological polar surface area (TPSA) is 104 Å². The molecule has 0 radical (unpaired) electrons. The highest BCUT2D eigenvalue weighted by Gasteiger charge is 2.49. The van der Waals surface area contributed by atoms with Crippen molar-refractivity contribution in [2.24, 2.45) is 4.99 Å². The summed E-state index contributed by atoms with van der Waals surface area (Å²) in [6.45, 7) is 0. The molecule has 1 aromatic carbocycles. The number of carbonyl (C=O) groups excluding carboxylic acids is 1. The number of nitrogens with zero attached hydrogens (tertiary/aromatic N) is 2. The zero-order valence-electron chi connectivity index (χ0n) is 13.0. The van der Waals surface area contributed by atoms with E-state index in [4.69, 9.17) is 5.11 Å². The summed E-state index contributed by atoms with van der Waals surface area (Å²) in [6, 6.07) is 5.12. The first kappa shape index (κ1) is 17.9. The Labute approximate surface area is 147 Å². The molecular weight excluding hydrogens is 371 g/mol. The smallest absolute Gasteiger partial charge is 0.303 e. The van der Waals surface area contributed by atoms with Gasteiger partial charge in [0.1, 0.15) is 5.82 Å². The molecule has 7 nitrogen and oxygen atoms in total. The summed E-state index contributed by atoms with van der Waals surface area (Å²) < 4.78 is 37.0. The lowest BCUT2D eigenvalue weighted by Gasteiger charge is -2.24. The van der Waals surface area contributed by atoms with Crippen LogP contribution in [0.15, 0.2) is 29.3 Å². The zero-order valence-corrected chi connectivity index (χ0v) is 14.6. The second kappa shape index (κ2) is 6.75. The average molecular weight is 386 g/mol. The fourth-order valence-electron chi connectivity index (χ4n) is 2.84. The van der Waals surface area contributed by atoms with E-state index in [0.717, 1.165) is 0 Å². The quantitative estimate of drug-likeness (QED) is 0.831. The average Bonchev–Trinajstić information content (AvgIpc) is 2.97. The van der Waals surface area contributed by atoms with E-state index in [2.05, 4.69) is 4.99 Å². The van der Waals surface area contributed by atoms with Crippen molar-refractivity contribution in [3.63, 3.8) is 0 Å². The van der Waals surface area contributed by atoms with E-state index < -0.39 is 27.5 Å². The van der Waals surface area contributed by atoms with Crippen LogP contribution in [0.4, 0.5) is 10.1 Å². The Bertz CT molecular complexity index is 838. The molecule has 0 aromatic heterocycles. The van der Waals surface area contributed by atoms with E-state index in [9.17, 15) is 22.4 Å². The number of fused-ring (bicyclic) bond motifs is 1. The Hall–Kier alpha value is -1.94. The molecule has 1 amide bonds. The molecule has 1 aromatic rings. The van der Waals surface area contributed by atoms with Crippen LogP contribution in [-0.4, -0.2) is 53.4 Å². The first-order valence-electron chi connectivity index (χ1n) is 7.50. The van der Waals surface area contributed by atoms with Crippen LogP contribution < -0.4 is 4.90 Å². The number of thioether (sulfide) groups is 1. The van der Waals surface area contributed by atoms with Crippen LogP contribution in [0.2, 0.25) is 0 Å². The van der Waals surface area contributed by atoms with Crippen molar-refractivity contribution in [2.75, 3.05) is 16.4 Å². The largest absolute Gasteiger partial charge is 0.481 e. The molecule has 134 valence electrons. The van der Waals surface area contributed by atoms with Crippen LogP contribution in [-0.2, 0) is 19.4 Å². The van der Waals surface area contributed by atoms with Crippen molar-refractivity contribution in [3.8, 4) is 0 Å². The molecule has 25 heavy (non-hydrogen) atoms. The molecule has 2 heterocycles. The van der Waals surface area contributed by atoms with Crippen LogP contribution in [0.5, 0.6) is 0 Å². The number of amides is 1. The maximum atomic E-state index is 13.2. The molecule has 10 heteroatoms. The highest BCUT2D eigenvalue weighted by Crippen LogP contribution is 2.41. The maximum Gasteiger partial charge on any atom is 0.303 e. The monoisotopic (exact) mass is 386 g/mol. The number of carboxylic acids is 1. The van der Waals surface area contributed by atoms with Crippen LogP contribution in [0.1, 0.15) is 12.8 Å². The van der Waals surface area contributed by atoms with Gasteiger partial charge >= 0.3 is 5.97 Å². The van der Waals surface area contributed by atoms with E-state index in [1.54, 1.807) is 4.90 Å². The number of amidine groups is 1. The third-order valence-electron chi connectivity index (χ3n) is 3.94. The molecule has 2 aliphatic heterocycles. The molecular formula is C15H15FN2O5S2. The summed E-state index contributed by atoms with van der Waals surface area (Å²) in [5.74, 6) is -2.18. The number of hydrogen-bond acceptors (Lipinski definition) is 5. The number of carbonyl (C=O) groups is 2. The van der Waals surface area contributed by atoms with Crippen molar-refractivity contribution in [1.82, 2.24) is 0 Å². The SMILES string of the molecule is O=C(O)CCC(=O)N=C1S[C@@H]2CS(=O)(=O)C[C@@H]2N1c1ccc(F)cc1. The summed E-state index contributed by atoms with van der Waals surface area (Å²) in [4.78, 5) is 28.1. The van der Waals surface area contributed by atoms with E-state index in [-0.39, 0.29) is 35.6 Å². The number of carboxylic acid groups (broad SMARTS) is 1. The fraction of sp³-hybridized carbons (Fsp3) is 0.400. The minimum Gasteiger partial charge on any atom is -0.481 e. The lowest BCUT2D eigenvalue weighted by molar-refractivity contribution is -0.138. The van der Waals surface area contributed by atoms with Gasteiger partial charge in [-0.1, -0.05) is 11.8 Å². The second-order valence-corrected chi connectivity index (χ2v) is 9.19. The van der Waals surface area contributed by atoms with Crippen molar-refractivity contribution >= 4 is 44.3 Å². The molecule has 2 saturated heterocycles. The van der Waals surface area contributed by atoms with Crippen molar-refractivity contribution in [2.45, 2.75) is 24.1 Å². The highest BCUT2D eigenvalue weighted by molar-refractivity contribution is 8.16. The van der Waals surface area contributed by atoms with E-state index in [0.29, 0.717) is 10.9 Å². The van der Waals surface area contributed by atoms with Gasteiger partial charge in [-0.15, -0.1) is 0 Å². The number of anilines is 1. The van der Waals surface area contributed by atoms with Gasteiger partial charge in [0.25, 0.3) is 0 Å². The Kier molecular flexibility index (Phi) is 4.83. The first-order chi connectivity index (χ1) is 11.7. The van der Waals surface area contributed by atoms with Crippen molar-refractivity contribution in [3.05, 3.63) is 30.1 Å². The number of benzene rings is 1. The number of aliphatic carboxylic acids is 1. The zero-order chi connectivity index (χ0) is 18.2. The fourth-order valence-corrected chi connectivity index (χ4v) is 6.78. The third kappa shape index (κ3) is 4.01. The lowest BCUT2D eigenvalue weighted by atomic mass is 10.2. The number of sulfone groups is 1. The van der Waals surface area contributed by atoms with Gasteiger partial charge in [0, 0.05) is 17.4 Å². The van der Waals surface area contributed by atoms with Gasteiger partial charge in [0.05, 0.1) is 24.0 Å². The second-order valence-electron chi connectivity index (χ2n) is 5.83. The van der Waals surface area contributed by atoms with Crippen LogP contribution >= 0.6 is 11.8 Å². The van der Waals surface area contributed by atoms with Crippen molar-refractivity contribution < 1.29 is 27.5 Å². The molecule has 0 saturated carbocycles. The van der Waals surface area contributed by atoms with E-state index >= 15 is 0 Å². The minimum absolute atomic E-state index is 0.0115. The highest BCUT2D eigenvalue weighted by atomic mass is 32.2. The molecule has 2 atom stereocenters. The molecule has 3 rings (SSSR count). The van der Waals surface area contributed by atoms with Gasteiger partial charge < -0.3 is 10.0 Å².